The van der Waals surface area contributed by atoms with Crippen molar-refractivity contribution in [2.45, 2.75) is 36.8 Å². The van der Waals surface area contributed by atoms with E-state index in [1.807, 2.05) is 27.0 Å². The maximum Gasteiger partial charge on any atom is 0.410 e. The van der Waals surface area contributed by atoms with Crippen molar-refractivity contribution >= 4 is 39.5 Å². The van der Waals surface area contributed by atoms with Gasteiger partial charge in [-0.2, -0.15) is 0 Å². The third-order valence-electron chi connectivity index (χ3n) is 3.09. The molecule has 1 aliphatic heterocycles. The topological polar surface area (TPSA) is 77.4 Å². The molecule has 0 bridgehead atoms. The van der Waals surface area contributed by atoms with E-state index in [9.17, 15) is 4.79 Å². The van der Waals surface area contributed by atoms with E-state index >= 15 is 0 Å². The number of thioether (sulfide) groups is 1. The Labute approximate surface area is 142 Å². The smallest absolute Gasteiger partial charge is 0.410 e. The molecule has 0 saturated carbocycles. The number of hydrogen-bond donors (Lipinski definition) is 0. The van der Waals surface area contributed by atoms with Gasteiger partial charge in [-0.15, -0.1) is 11.3 Å². The molecule has 9 heteroatoms. The van der Waals surface area contributed by atoms with Crippen molar-refractivity contribution in [1.82, 2.24) is 19.9 Å². The Hall–Kier alpha value is -1.61. The van der Waals surface area contributed by atoms with Gasteiger partial charge in [0.1, 0.15) is 22.7 Å². The van der Waals surface area contributed by atoms with Crippen molar-refractivity contribution in [2.24, 2.45) is 0 Å². The van der Waals surface area contributed by atoms with Gasteiger partial charge in [0.25, 0.3) is 0 Å². The van der Waals surface area contributed by atoms with Crippen LogP contribution in [-0.4, -0.2) is 57.0 Å². The first-order chi connectivity index (χ1) is 10.9. The Morgan fingerprint density at radius 3 is 2.78 bits per heavy atom. The van der Waals surface area contributed by atoms with Crippen molar-refractivity contribution < 1.29 is 14.3 Å². The molecule has 0 aliphatic carbocycles. The first kappa shape index (κ1) is 16.3. The van der Waals surface area contributed by atoms with Gasteiger partial charge in [0.2, 0.25) is 5.88 Å². The molecule has 23 heavy (non-hydrogen) atoms. The van der Waals surface area contributed by atoms with Crippen LogP contribution in [0.4, 0.5) is 4.79 Å². The largest absolute Gasteiger partial charge is 0.469 e. The normalized spacial score (nSPS) is 15.6. The molecule has 1 saturated heterocycles. The Kier molecular flexibility index (Phi) is 4.33. The number of thiazole rings is 1. The average molecular weight is 354 g/mol. The summed E-state index contributed by atoms with van der Waals surface area (Å²) in [5, 5.41) is 0. The molecule has 1 aliphatic rings. The van der Waals surface area contributed by atoms with Gasteiger partial charge in [-0.05, 0) is 27.0 Å². The van der Waals surface area contributed by atoms with E-state index in [0.29, 0.717) is 24.6 Å². The van der Waals surface area contributed by atoms with Crippen LogP contribution < -0.4 is 4.74 Å². The molecule has 2 aromatic heterocycles. The van der Waals surface area contributed by atoms with E-state index < -0.39 is 5.60 Å². The van der Waals surface area contributed by atoms with E-state index in [0.717, 1.165) is 9.04 Å². The molecule has 1 amide bonds. The summed E-state index contributed by atoms with van der Waals surface area (Å²) in [7, 11) is 0. The summed E-state index contributed by atoms with van der Waals surface area (Å²) in [6.07, 6.45) is 3.02. The molecule has 0 N–H and O–H groups in total. The summed E-state index contributed by atoms with van der Waals surface area (Å²) in [5.74, 6) is 0.529. The highest BCUT2D eigenvalue weighted by molar-refractivity contribution is 8.00. The fourth-order valence-corrected chi connectivity index (χ4v) is 3.48. The molecule has 0 atom stereocenters. The number of nitrogens with zero attached hydrogens (tertiary/aromatic N) is 4. The number of amides is 1. The average Bonchev–Trinajstić information content (AvgIpc) is 2.84. The highest BCUT2D eigenvalue weighted by Gasteiger charge is 2.35. The molecule has 2 aromatic rings. The van der Waals surface area contributed by atoms with Crippen LogP contribution in [0.15, 0.2) is 10.7 Å². The van der Waals surface area contributed by atoms with Gasteiger partial charge < -0.3 is 14.4 Å². The number of hydrogen-bond acceptors (Lipinski definition) is 8. The minimum atomic E-state index is -0.487. The summed E-state index contributed by atoms with van der Waals surface area (Å²) in [6.45, 7) is 6.54. The molecule has 7 nitrogen and oxygen atoms in total. The van der Waals surface area contributed by atoms with Crippen LogP contribution >= 0.6 is 23.1 Å². The van der Waals surface area contributed by atoms with Gasteiger partial charge in [-0.3, -0.25) is 0 Å². The molecule has 3 heterocycles. The molecule has 0 radical (unpaired) electrons. The molecule has 0 spiro atoms. The summed E-state index contributed by atoms with van der Waals surface area (Å²) < 4.78 is 13.0. The zero-order valence-electron chi connectivity index (χ0n) is 13.4. The Morgan fingerprint density at radius 2 is 2.13 bits per heavy atom. The van der Waals surface area contributed by atoms with Crippen molar-refractivity contribution in [3.63, 3.8) is 0 Å². The fraction of sp³-hybridized carbons (Fsp3) is 0.571. The lowest BCUT2D eigenvalue weighted by Gasteiger charge is -2.39. The number of rotatable bonds is 3. The second-order valence-corrected chi connectivity index (χ2v) is 8.19. The summed E-state index contributed by atoms with van der Waals surface area (Å²) >= 11 is 3.08. The third-order valence-corrected chi connectivity index (χ3v) is 5.11. The lowest BCUT2D eigenvalue weighted by molar-refractivity contribution is -0.0228. The van der Waals surface area contributed by atoms with E-state index in [1.165, 1.54) is 17.7 Å². The molecular formula is C14H18N4O3S2. The maximum atomic E-state index is 11.9. The molecule has 1 fully saturated rings. The SMILES string of the molecule is CSc1nc2ncnc(OC3CN(C(=O)OC(C)(C)C)C3)c2s1. The predicted octanol–water partition coefficient (Wildman–Crippen LogP) is 2.81. The fourth-order valence-electron chi connectivity index (χ4n) is 2.03. The van der Waals surface area contributed by atoms with Gasteiger partial charge in [-0.25, -0.2) is 19.7 Å². The van der Waals surface area contributed by atoms with Crippen LogP contribution in [0.1, 0.15) is 20.8 Å². The molecule has 0 unspecified atom stereocenters. The zero-order valence-corrected chi connectivity index (χ0v) is 15.0. The molecule has 124 valence electrons. The Bertz CT molecular complexity index is 722. The number of carbonyl (C=O) groups excluding carboxylic acids is 1. The van der Waals surface area contributed by atoms with E-state index in [1.54, 1.807) is 16.7 Å². The molecule has 0 aromatic carbocycles. The number of likely N-dealkylation sites (tertiary alicyclic amines) is 1. The first-order valence-corrected chi connectivity index (χ1v) is 9.20. The monoisotopic (exact) mass is 354 g/mol. The van der Waals surface area contributed by atoms with E-state index in [4.69, 9.17) is 9.47 Å². The van der Waals surface area contributed by atoms with Crippen molar-refractivity contribution in [2.75, 3.05) is 19.3 Å². The minimum Gasteiger partial charge on any atom is -0.469 e. The van der Waals surface area contributed by atoms with Crippen molar-refractivity contribution in [3.8, 4) is 5.88 Å². The number of carbonyl (C=O) groups is 1. The third kappa shape index (κ3) is 3.66. The Morgan fingerprint density at radius 1 is 1.39 bits per heavy atom. The quantitative estimate of drug-likeness (QED) is 0.784. The number of fused-ring (bicyclic) bond motifs is 1. The second-order valence-electron chi connectivity index (χ2n) is 6.14. The van der Waals surface area contributed by atoms with Gasteiger partial charge in [-0.1, -0.05) is 11.8 Å². The number of aromatic nitrogens is 3. The van der Waals surface area contributed by atoms with E-state index in [-0.39, 0.29) is 12.2 Å². The first-order valence-electron chi connectivity index (χ1n) is 7.16. The lowest BCUT2D eigenvalue weighted by atomic mass is 10.2. The second kappa shape index (κ2) is 6.12. The highest BCUT2D eigenvalue weighted by atomic mass is 32.2. The summed E-state index contributed by atoms with van der Waals surface area (Å²) in [4.78, 5) is 26.3. The highest BCUT2D eigenvalue weighted by Crippen LogP contribution is 2.33. The van der Waals surface area contributed by atoms with Crippen LogP contribution in [0.3, 0.4) is 0 Å². The van der Waals surface area contributed by atoms with Crippen molar-refractivity contribution in [3.05, 3.63) is 6.33 Å². The van der Waals surface area contributed by atoms with Gasteiger partial charge in [0.15, 0.2) is 9.99 Å². The number of ether oxygens (including phenoxy) is 2. The van der Waals surface area contributed by atoms with Crippen molar-refractivity contribution in [1.29, 1.82) is 0 Å². The predicted molar refractivity (Wildman–Crippen MR) is 89.2 cm³/mol. The maximum absolute atomic E-state index is 11.9. The van der Waals surface area contributed by atoms with Crippen LogP contribution in [0.5, 0.6) is 5.88 Å². The summed E-state index contributed by atoms with van der Waals surface area (Å²) in [5.41, 5.74) is 0.159. The standard InChI is InChI=1S/C14H18N4O3S2/c1-14(2,3)21-13(19)18-5-8(6-18)20-11-9-10(15-7-16-11)17-12(22-4)23-9/h7-8H,5-6H2,1-4H3. The van der Waals surface area contributed by atoms with Crippen LogP contribution in [0.2, 0.25) is 0 Å². The van der Waals surface area contributed by atoms with Crippen LogP contribution in [0, 0.1) is 0 Å². The van der Waals surface area contributed by atoms with Gasteiger partial charge in [0.05, 0.1) is 13.1 Å². The van der Waals surface area contributed by atoms with Gasteiger partial charge in [0, 0.05) is 0 Å². The van der Waals surface area contributed by atoms with Gasteiger partial charge >= 0.3 is 6.09 Å². The minimum absolute atomic E-state index is 0.0829. The van der Waals surface area contributed by atoms with Crippen LogP contribution in [0.25, 0.3) is 10.3 Å². The van der Waals surface area contributed by atoms with E-state index in [2.05, 4.69) is 15.0 Å². The zero-order chi connectivity index (χ0) is 16.6. The lowest BCUT2D eigenvalue weighted by Crippen LogP contribution is -2.57. The summed E-state index contributed by atoms with van der Waals surface area (Å²) in [6, 6.07) is 0. The molecular weight excluding hydrogens is 336 g/mol. The van der Waals surface area contributed by atoms with Crippen LogP contribution in [-0.2, 0) is 4.74 Å². The Balaban J connectivity index is 1.62. The molecule has 3 rings (SSSR count).